The Morgan fingerprint density at radius 3 is 2.94 bits per heavy atom. The molecule has 0 saturated heterocycles. The first kappa shape index (κ1) is 11.7. The standard InChI is InChI=1S/C13H19ClN2/c1-10-5-3-2-4-6-12(10)16-13-7-8-15-9-11(13)14/h7-10,12H,2-6H2,1H3,(H,15,16). The number of anilines is 1. The Balaban J connectivity index is 2.05. The van der Waals surface area contributed by atoms with E-state index in [2.05, 4.69) is 17.2 Å². The quantitative estimate of drug-likeness (QED) is 0.785. The molecule has 3 heteroatoms. The molecule has 2 unspecified atom stereocenters. The second-order valence-corrected chi connectivity index (χ2v) is 5.13. The normalized spacial score (nSPS) is 26.1. The van der Waals surface area contributed by atoms with Crippen molar-refractivity contribution in [1.29, 1.82) is 0 Å². The minimum Gasteiger partial charge on any atom is -0.381 e. The maximum atomic E-state index is 6.11. The second-order valence-electron chi connectivity index (χ2n) is 4.72. The minimum atomic E-state index is 0.558. The molecule has 1 heterocycles. The largest absolute Gasteiger partial charge is 0.381 e. The van der Waals surface area contributed by atoms with Crippen LogP contribution in [-0.2, 0) is 0 Å². The Morgan fingerprint density at radius 1 is 1.31 bits per heavy atom. The molecule has 1 fully saturated rings. The molecule has 2 atom stereocenters. The number of halogens is 1. The van der Waals surface area contributed by atoms with Crippen LogP contribution in [0.4, 0.5) is 5.69 Å². The molecule has 0 amide bonds. The zero-order valence-electron chi connectivity index (χ0n) is 9.75. The van der Waals surface area contributed by atoms with Crippen molar-refractivity contribution in [2.75, 3.05) is 5.32 Å². The van der Waals surface area contributed by atoms with E-state index in [0.29, 0.717) is 6.04 Å². The molecule has 88 valence electrons. The molecule has 1 saturated carbocycles. The van der Waals surface area contributed by atoms with Gasteiger partial charge in [-0.25, -0.2) is 0 Å². The van der Waals surface area contributed by atoms with Crippen molar-refractivity contribution >= 4 is 17.3 Å². The first-order valence-corrected chi connectivity index (χ1v) is 6.51. The van der Waals surface area contributed by atoms with Gasteiger partial charge in [-0.05, 0) is 24.8 Å². The van der Waals surface area contributed by atoms with Crippen LogP contribution >= 0.6 is 11.6 Å². The summed E-state index contributed by atoms with van der Waals surface area (Å²) in [6.07, 6.45) is 10.1. The molecule has 0 spiro atoms. The Kier molecular flexibility index (Phi) is 4.05. The average Bonchev–Trinajstić information content (AvgIpc) is 2.48. The van der Waals surface area contributed by atoms with Gasteiger partial charge < -0.3 is 5.32 Å². The minimum absolute atomic E-state index is 0.558. The lowest BCUT2D eigenvalue weighted by Crippen LogP contribution is -2.26. The highest BCUT2D eigenvalue weighted by Crippen LogP contribution is 2.28. The fraction of sp³-hybridized carbons (Fsp3) is 0.615. The molecule has 0 aliphatic heterocycles. The fourth-order valence-corrected chi connectivity index (χ4v) is 2.57. The van der Waals surface area contributed by atoms with Gasteiger partial charge in [0.15, 0.2) is 0 Å². The molecule has 1 N–H and O–H groups in total. The predicted octanol–water partition coefficient (Wildman–Crippen LogP) is 4.12. The number of hydrogen-bond acceptors (Lipinski definition) is 2. The number of nitrogens with one attached hydrogen (secondary N) is 1. The van der Waals surface area contributed by atoms with Crippen LogP contribution < -0.4 is 5.32 Å². The van der Waals surface area contributed by atoms with Gasteiger partial charge in [0, 0.05) is 18.4 Å². The van der Waals surface area contributed by atoms with Gasteiger partial charge in [0.2, 0.25) is 0 Å². The summed E-state index contributed by atoms with van der Waals surface area (Å²) in [6, 6.07) is 2.52. The van der Waals surface area contributed by atoms with Crippen molar-refractivity contribution in [2.45, 2.75) is 45.1 Å². The zero-order valence-corrected chi connectivity index (χ0v) is 10.5. The Morgan fingerprint density at radius 2 is 2.12 bits per heavy atom. The maximum Gasteiger partial charge on any atom is 0.0820 e. The predicted molar refractivity (Wildman–Crippen MR) is 68.9 cm³/mol. The molecule has 0 bridgehead atoms. The van der Waals surface area contributed by atoms with E-state index in [4.69, 9.17) is 11.6 Å². The molecule has 2 rings (SSSR count). The van der Waals surface area contributed by atoms with Gasteiger partial charge >= 0.3 is 0 Å². The number of pyridine rings is 1. The lowest BCUT2D eigenvalue weighted by atomic mass is 9.97. The Bertz CT molecular complexity index is 340. The Hall–Kier alpha value is -0.760. The highest BCUT2D eigenvalue weighted by molar-refractivity contribution is 6.33. The molecule has 1 aromatic heterocycles. The van der Waals surface area contributed by atoms with Crippen molar-refractivity contribution in [3.63, 3.8) is 0 Å². The third-order valence-electron chi connectivity index (χ3n) is 3.47. The summed E-state index contributed by atoms with van der Waals surface area (Å²) < 4.78 is 0. The van der Waals surface area contributed by atoms with Gasteiger partial charge in [0.1, 0.15) is 0 Å². The topological polar surface area (TPSA) is 24.9 Å². The van der Waals surface area contributed by atoms with E-state index in [1.54, 1.807) is 12.4 Å². The van der Waals surface area contributed by atoms with E-state index in [-0.39, 0.29) is 0 Å². The molecular formula is C13H19ClN2. The molecule has 16 heavy (non-hydrogen) atoms. The zero-order chi connectivity index (χ0) is 11.4. The number of aromatic nitrogens is 1. The fourth-order valence-electron chi connectivity index (χ4n) is 2.40. The molecule has 1 aromatic rings. The van der Waals surface area contributed by atoms with Gasteiger partial charge in [-0.2, -0.15) is 0 Å². The van der Waals surface area contributed by atoms with Crippen LogP contribution in [0.25, 0.3) is 0 Å². The summed E-state index contributed by atoms with van der Waals surface area (Å²) in [4.78, 5) is 4.00. The Labute approximate surface area is 102 Å². The molecular weight excluding hydrogens is 220 g/mol. The third-order valence-corrected chi connectivity index (χ3v) is 3.78. The van der Waals surface area contributed by atoms with Crippen molar-refractivity contribution < 1.29 is 0 Å². The molecule has 1 aliphatic carbocycles. The summed E-state index contributed by atoms with van der Waals surface area (Å²) in [6.45, 7) is 2.33. The van der Waals surface area contributed by atoms with E-state index < -0.39 is 0 Å². The smallest absolute Gasteiger partial charge is 0.0820 e. The van der Waals surface area contributed by atoms with E-state index in [1.807, 2.05) is 6.07 Å². The highest BCUT2D eigenvalue weighted by atomic mass is 35.5. The second kappa shape index (κ2) is 5.53. The molecule has 2 nitrogen and oxygen atoms in total. The van der Waals surface area contributed by atoms with Crippen LogP contribution in [0.1, 0.15) is 39.0 Å². The van der Waals surface area contributed by atoms with Gasteiger partial charge in [-0.3, -0.25) is 4.98 Å². The maximum absolute atomic E-state index is 6.11. The van der Waals surface area contributed by atoms with Crippen LogP contribution in [0.2, 0.25) is 5.02 Å². The number of rotatable bonds is 2. The lowest BCUT2D eigenvalue weighted by molar-refractivity contribution is 0.456. The van der Waals surface area contributed by atoms with Crippen LogP contribution in [-0.4, -0.2) is 11.0 Å². The first-order valence-electron chi connectivity index (χ1n) is 6.13. The lowest BCUT2D eigenvalue weighted by Gasteiger charge is -2.24. The summed E-state index contributed by atoms with van der Waals surface area (Å²) in [7, 11) is 0. The van der Waals surface area contributed by atoms with Crippen molar-refractivity contribution in [1.82, 2.24) is 4.98 Å². The highest BCUT2D eigenvalue weighted by Gasteiger charge is 2.20. The van der Waals surface area contributed by atoms with E-state index in [0.717, 1.165) is 16.6 Å². The van der Waals surface area contributed by atoms with E-state index >= 15 is 0 Å². The van der Waals surface area contributed by atoms with E-state index in [9.17, 15) is 0 Å². The average molecular weight is 239 g/mol. The van der Waals surface area contributed by atoms with Gasteiger partial charge in [0.05, 0.1) is 10.7 Å². The van der Waals surface area contributed by atoms with Crippen molar-refractivity contribution in [3.8, 4) is 0 Å². The van der Waals surface area contributed by atoms with Gasteiger partial charge in [-0.15, -0.1) is 0 Å². The van der Waals surface area contributed by atoms with Crippen LogP contribution in [0.5, 0.6) is 0 Å². The van der Waals surface area contributed by atoms with E-state index in [1.165, 1.54) is 32.1 Å². The summed E-state index contributed by atoms with van der Waals surface area (Å²) >= 11 is 6.11. The monoisotopic (exact) mass is 238 g/mol. The number of hydrogen-bond donors (Lipinski definition) is 1. The molecule has 0 aromatic carbocycles. The van der Waals surface area contributed by atoms with Crippen LogP contribution in [0.15, 0.2) is 18.5 Å². The van der Waals surface area contributed by atoms with Crippen LogP contribution in [0, 0.1) is 5.92 Å². The summed E-state index contributed by atoms with van der Waals surface area (Å²) in [5.41, 5.74) is 1.02. The van der Waals surface area contributed by atoms with Gasteiger partial charge in [-0.1, -0.05) is 37.8 Å². The molecule has 1 aliphatic rings. The summed E-state index contributed by atoms with van der Waals surface area (Å²) in [5.74, 6) is 0.728. The number of nitrogens with zero attached hydrogens (tertiary/aromatic N) is 1. The van der Waals surface area contributed by atoms with Crippen molar-refractivity contribution in [2.24, 2.45) is 5.92 Å². The van der Waals surface area contributed by atoms with Crippen LogP contribution in [0.3, 0.4) is 0 Å². The molecule has 0 radical (unpaired) electrons. The van der Waals surface area contributed by atoms with Crippen molar-refractivity contribution in [3.05, 3.63) is 23.5 Å². The SMILES string of the molecule is CC1CCCCCC1Nc1ccncc1Cl. The first-order chi connectivity index (χ1) is 7.77. The van der Waals surface area contributed by atoms with Gasteiger partial charge in [0.25, 0.3) is 0 Å². The third kappa shape index (κ3) is 2.88. The summed E-state index contributed by atoms with van der Waals surface area (Å²) in [5, 5.41) is 4.29.